The topological polar surface area (TPSA) is 38.0 Å². The summed E-state index contributed by atoms with van der Waals surface area (Å²) in [5.41, 5.74) is 8.76. The van der Waals surface area contributed by atoms with E-state index >= 15 is 0 Å². The van der Waals surface area contributed by atoms with Crippen molar-refractivity contribution in [2.24, 2.45) is 17.7 Å². The Kier molecular flexibility index (Phi) is 5.22. The fraction of sp³-hybridized carbons (Fsp3) is 0.667. The first kappa shape index (κ1) is 15.5. The highest BCUT2D eigenvalue weighted by molar-refractivity contribution is 5.38. The van der Waals surface area contributed by atoms with Gasteiger partial charge in [-0.05, 0) is 68.6 Å². The van der Waals surface area contributed by atoms with Gasteiger partial charge in [-0.15, -0.1) is 0 Å². The Hall–Kier alpha value is -0.860. The minimum absolute atomic E-state index is 0.415. The lowest BCUT2D eigenvalue weighted by Gasteiger charge is -2.33. The Morgan fingerprint density at radius 3 is 2.40 bits per heavy atom. The summed E-state index contributed by atoms with van der Waals surface area (Å²) < 4.78 is 0. The van der Waals surface area contributed by atoms with Gasteiger partial charge >= 0.3 is 0 Å². The SMILES string of the molecule is Cc1cc(C)c(CC(NN)C2CCCC(C)C2)c(C)c1. The first-order chi connectivity index (χ1) is 9.51. The molecule has 20 heavy (non-hydrogen) atoms. The van der Waals surface area contributed by atoms with Crippen LogP contribution in [0.15, 0.2) is 12.1 Å². The molecule has 1 aromatic carbocycles. The van der Waals surface area contributed by atoms with Crippen molar-refractivity contribution in [3.8, 4) is 0 Å². The predicted octanol–water partition coefficient (Wildman–Crippen LogP) is 3.81. The summed E-state index contributed by atoms with van der Waals surface area (Å²) in [4.78, 5) is 0. The highest BCUT2D eigenvalue weighted by atomic mass is 15.2. The molecule has 0 amide bonds. The van der Waals surface area contributed by atoms with Crippen LogP contribution in [0.3, 0.4) is 0 Å². The van der Waals surface area contributed by atoms with E-state index in [1.54, 1.807) is 0 Å². The molecular formula is C18H30N2. The lowest BCUT2D eigenvalue weighted by atomic mass is 9.76. The average molecular weight is 274 g/mol. The second-order valence-electron chi connectivity index (χ2n) is 6.89. The monoisotopic (exact) mass is 274 g/mol. The molecule has 3 unspecified atom stereocenters. The molecule has 1 fully saturated rings. The molecule has 3 N–H and O–H groups in total. The highest BCUT2D eigenvalue weighted by Crippen LogP contribution is 2.32. The molecular weight excluding hydrogens is 244 g/mol. The van der Waals surface area contributed by atoms with Gasteiger partial charge in [-0.1, -0.05) is 37.5 Å². The highest BCUT2D eigenvalue weighted by Gasteiger charge is 2.26. The maximum absolute atomic E-state index is 5.88. The van der Waals surface area contributed by atoms with Crippen molar-refractivity contribution in [2.45, 2.75) is 65.8 Å². The fourth-order valence-corrected chi connectivity index (χ4v) is 3.96. The van der Waals surface area contributed by atoms with E-state index in [0.29, 0.717) is 6.04 Å². The second kappa shape index (κ2) is 6.73. The maximum Gasteiger partial charge on any atom is 0.0279 e. The van der Waals surface area contributed by atoms with Crippen LogP contribution in [0, 0.1) is 32.6 Å². The van der Waals surface area contributed by atoms with E-state index in [-0.39, 0.29) is 0 Å². The lowest BCUT2D eigenvalue weighted by molar-refractivity contribution is 0.221. The van der Waals surface area contributed by atoms with Gasteiger partial charge in [0.05, 0.1) is 0 Å². The zero-order valence-corrected chi connectivity index (χ0v) is 13.5. The van der Waals surface area contributed by atoms with Crippen LogP contribution in [0.1, 0.15) is 54.9 Å². The van der Waals surface area contributed by atoms with Crippen LogP contribution in [0.25, 0.3) is 0 Å². The van der Waals surface area contributed by atoms with Crippen molar-refractivity contribution in [1.29, 1.82) is 0 Å². The van der Waals surface area contributed by atoms with Gasteiger partial charge < -0.3 is 0 Å². The molecule has 1 saturated carbocycles. The third kappa shape index (κ3) is 3.62. The van der Waals surface area contributed by atoms with Crippen LogP contribution in [-0.2, 0) is 6.42 Å². The molecule has 0 spiro atoms. The molecule has 2 nitrogen and oxygen atoms in total. The maximum atomic E-state index is 5.88. The molecule has 112 valence electrons. The van der Waals surface area contributed by atoms with Crippen LogP contribution < -0.4 is 11.3 Å². The molecule has 2 rings (SSSR count). The Balaban J connectivity index is 2.14. The number of rotatable bonds is 4. The Morgan fingerprint density at radius 2 is 1.85 bits per heavy atom. The molecule has 1 aliphatic carbocycles. The van der Waals surface area contributed by atoms with Crippen molar-refractivity contribution < 1.29 is 0 Å². The first-order valence-electron chi connectivity index (χ1n) is 8.04. The van der Waals surface area contributed by atoms with E-state index < -0.39 is 0 Å². The van der Waals surface area contributed by atoms with Crippen molar-refractivity contribution in [2.75, 3.05) is 0 Å². The van der Waals surface area contributed by atoms with Gasteiger partial charge in [0.25, 0.3) is 0 Å². The number of nitrogens with one attached hydrogen (secondary N) is 1. The van der Waals surface area contributed by atoms with Crippen LogP contribution in [0.2, 0.25) is 0 Å². The largest absolute Gasteiger partial charge is 0.271 e. The summed E-state index contributed by atoms with van der Waals surface area (Å²) in [5.74, 6) is 7.45. The molecule has 0 heterocycles. The molecule has 0 radical (unpaired) electrons. The predicted molar refractivity (Wildman–Crippen MR) is 86.6 cm³/mol. The molecule has 3 atom stereocenters. The minimum Gasteiger partial charge on any atom is -0.271 e. The van der Waals surface area contributed by atoms with Gasteiger partial charge in [-0.2, -0.15) is 0 Å². The van der Waals surface area contributed by atoms with E-state index in [0.717, 1.165) is 18.3 Å². The van der Waals surface area contributed by atoms with E-state index in [1.807, 2.05) is 0 Å². The Morgan fingerprint density at radius 1 is 1.20 bits per heavy atom. The number of nitrogens with two attached hydrogens (primary N) is 1. The third-order valence-corrected chi connectivity index (χ3v) is 5.02. The molecule has 0 aromatic heterocycles. The van der Waals surface area contributed by atoms with Gasteiger partial charge in [0, 0.05) is 6.04 Å². The summed E-state index contributed by atoms with van der Waals surface area (Å²) in [6.45, 7) is 9.01. The number of hydrogen-bond acceptors (Lipinski definition) is 2. The van der Waals surface area contributed by atoms with Crippen molar-refractivity contribution in [3.05, 3.63) is 34.4 Å². The van der Waals surface area contributed by atoms with E-state index in [1.165, 1.54) is 47.9 Å². The van der Waals surface area contributed by atoms with Crippen LogP contribution in [0.4, 0.5) is 0 Å². The van der Waals surface area contributed by atoms with Crippen LogP contribution >= 0.6 is 0 Å². The van der Waals surface area contributed by atoms with Gasteiger partial charge in [-0.25, -0.2) is 0 Å². The molecule has 1 aromatic rings. The van der Waals surface area contributed by atoms with Crippen molar-refractivity contribution in [1.82, 2.24) is 5.43 Å². The molecule has 1 aliphatic rings. The number of hydrogen-bond donors (Lipinski definition) is 2. The summed E-state index contributed by atoms with van der Waals surface area (Å²) >= 11 is 0. The van der Waals surface area contributed by atoms with Gasteiger partial charge in [0.1, 0.15) is 0 Å². The quantitative estimate of drug-likeness (QED) is 0.647. The van der Waals surface area contributed by atoms with Crippen molar-refractivity contribution >= 4 is 0 Å². The van der Waals surface area contributed by atoms with Gasteiger partial charge in [0.2, 0.25) is 0 Å². The molecule has 0 aliphatic heterocycles. The average Bonchev–Trinajstić information content (AvgIpc) is 2.38. The van der Waals surface area contributed by atoms with Gasteiger partial charge in [0.15, 0.2) is 0 Å². The van der Waals surface area contributed by atoms with E-state index in [2.05, 4.69) is 45.3 Å². The van der Waals surface area contributed by atoms with E-state index in [4.69, 9.17) is 5.84 Å². The first-order valence-corrected chi connectivity index (χ1v) is 8.04. The molecule has 0 saturated heterocycles. The second-order valence-corrected chi connectivity index (χ2v) is 6.89. The number of benzene rings is 1. The zero-order valence-electron chi connectivity index (χ0n) is 13.5. The minimum atomic E-state index is 0.415. The Bertz CT molecular complexity index is 430. The number of aryl methyl sites for hydroxylation is 3. The smallest absolute Gasteiger partial charge is 0.0279 e. The normalized spacial score (nSPS) is 24.6. The third-order valence-electron chi connectivity index (χ3n) is 5.02. The van der Waals surface area contributed by atoms with Crippen molar-refractivity contribution in [3.63, 3.8) is 0 Å². The zero-order chi connectivity index (χ0) is 14.7. The molecule has 0 bridgehead atoms. The number of hydrazine groups is 1. The standard InChI is InChI=1S/C18H30N2/c1-12-6-5-7-16(10-12)18(20-19)11-17-14(3)8-13(2)9-15(17)4/h8-9,12,16,18,20H,5-7,10-11,19H2,1-4H3. The summed E-state index contributed by atoms with van der Waals surface area (Å²) in [6, 6.07) is 5.00. The van der Waals surface area contributed by atoms with Crippen LogP contribution in [-0.4, -0.2) is 6.04 Å². The summed E-state index contributed by atoms with van der Waals surface area (Å²) in [5, 5.41) is 0. The summed E-state index contributed by atoms with van der Waals surface area (Å²) in [6.07, 6.45) is 6.44. The lowest BCUT2D eigenvalue weighted by Crippen LogP contribution is -2.44. The summed E-state index contributed by atoms with van der Waals surface area (Å²) in [7, 11) is 0. The Labute approximate surface area is 124 Å². The van der Waals surface area contributed by atoms with E-state index in [9.17, 15) is 0 Å². The van der Waals surface area contributed by atoms with Gasteiger partial charge in [-0.3, -0.25) is 11.3 Å². The van der Waals surface area contributed by atoms with Crippen LogP contribution in [0.5, 0.6) is 0 Å². The fourth-order valence-electron chi connectivity index (χ4n) is 3.96. The molecule has 2 heteroatoms.